The van der Waals surface area contributed by atoms with E-state index < -0.39 is 11.6 Å². The Kier molecular flexibility index (Phi) is 5.71. The van der Waals surface area contributed by atoms with Crippen LogP contribution in [0.3, 0.4) is 0 Å². The number of carbonyl (C=O) groups is 1. The fourth-order valence-electron chi connectivity index (χ4n) is 4.29. The van der Waals surface area contributed by atoms with Crippen LogP contribution in [0.1, 0.15) is 16.7 Å². The number of hydrogen-bond acceptors (Lipinski definition) is 5. The lowest BCUT2D eigenvalue weighted by molar-refractivity contribution is -0.117. The van der Waals surface area contributed by atoms with Crippen molar-refractivity contribution in [1.82, 2.24) is 14.8 Å². The summed E-state index contributed by atoms with van der Waals surface area (Å²) in [4.78, 5) is 18.6. The zero-order valence-electron chi connectivity index (χ0n) is 18.8. The van der Waals surface area contributed by atoms with Crippen LogP contribution in [0, 0.1) is 23.0 Å². The number of pyridine rings is 1. The number of hydrogen-bond donors (Lipinski definition) is 1. The number of nitrogens with one attached hydrogen (secondary N) is 1. The predicted molar refractivity (Wildman–Crippen MR) is 127 cm³/mol. The number of rotatable bonds is 5. The second kappa shape index (κ2) is 8.99. The number of halogens is 2. The Morgan fingerprint density at radius 3 is 2.74 bits per heavy atom. The van der Waals surface area contributed by atoms with E-state index in [-0.39, 0.29) is 23.5 Å². The first-order chi connectivity index (χ1) is 16.9. The number of nitrogens with zero attached hydrogens (tertiary/aromatic N) is 5. The summed E-state index contributed by atoms with van der Waals surface area (Å²) in [7, 11) is 1.77. The van der Waals surface area contributed by atoms with Gasteiger partial charge in [0.05, 0.1) is 30.1 Å². The van der Waals surface area contributed by atoms with E-state index in [1.54, 1.807) is 60.4 Å². The van der Waals surface area contributed by atoms with E-state index in [0.29, 0.717) is 41.4 Å². The molecule has 0 bridgehead atoms. The summed E-state index contributed by atoms with van der Waals surface area (Å²) in [5.74, 6) is -0.165. The Labute approximate surface area is 200 Å². The highest BCUT2D eigenvalue weighted by atomic mass is 19.1. The number of amides is 1. The number of nitriles is 1. The van der Waals surface area contributed by atoms with Crippen molar-refractivity contribution < 1.29 is 13.6 Å². The fraction of sp³-hybridized carbons (Fsp3) is 0.154. The Bertz CT molecular complexity index is 1490. The van der Waals surface area contributed by atoms with E-state index in [1.807, 2.05) is 0 Å². The maximum Gasteiger partial charge on any atom is 0.231 e. The van der Waals surface area contributed by atoms with Gasteiger partial charge in [-0.15, -0.1) is 0 Å². The number of aromatic nitrogens is 3. The molecule has 0 saturated heterocycles. The van der Waals surface area contributed by atoms with Crippen molar-refractivity contribution in [3.8, 4) is 17.2 Å². The molecular formula is C26H20F2N6O. The quantitative estimate of drug-likeness (QED) is 0.464. The van der Waals surface area contributed by atoms with E-state index in [0.717, 1.165) is 11.8 Å². The Hall–Kier alpha value is -4.58. The van der Waals surface area contributed by atoms with Gasteiger partial charge in [-0.1, -0.05) is 18.2 Å². The van der Waals surface area contributed by atoms with Gasteiger partial charge in [0.1, 0.15) is 29.3 Å². The molecule has 0 saturated carbocycles. The molecule has 5 rings (SSSR count). The van der Waals surface area contributed by atoms with Crippen LogP contribution < -0.4 is 10.2 Å². The molecule has 1 aliphatic rings. The van der Waals surface area contributed by atoms with Crippen LogP contribution in [0.25, 0.3) is 11.1 Å². The predicted octanol–water partition coefficient (Wildman–Crippen LogP) is 4.51. The highest BCUT2D eigenvalue weighted by Gasteiger charge is 2.29. The van der Waals surface area contributed by atoms with Gasteiger partial charge in [0, 0.05) is 25.2 Å². The zero-order valence-corrected chi connectivity index (χ0v) is 18.8. The summed E-state index contributed by atoms with van der Waals surface area (Å²) in [5.41, 5.74) is 2.61. The molecule has 0 unspecified atom stereocenters. The van der Waals surface area contributed by atoms with Crippen molar-refractivity contribution in [3.63, 3.8) is 0 Å². The zero-order chi connectivity index (χ0) is 24.5. The average Bonchev–Trinajstić information content (AvgIpc) is 3.47. The molecule has 0 radical (unpaired) electrons. The minimum Gasteiger partial charge on any atom is -0.325 e. The minimum atomic E-state index is -0.533. The molecule has 1 amide bonds. The molecule has 174 valence electrons. The molecule has 4 aromatic rings. The Morgan fingerprint density at radius 1 is 1.17 bits per heavy atom. The monoisotopic (exact) mass is 470 g/mol. The summed E-state index contributed by atoms with van der Waals surface area (Å²) in [6.07, 6.45) is 3.15. The third kappa shape index (κ3) is 4.22. The van der Waals surface area contributed by atoms with Gasteiger partial charge in [-0.3, -0.25) is 9.48 Å². The molecule has 0 atom stereocenters. The lowest BCUT2D eigenvalue weighted by atomic mass is 9.98. The molecule has 9 heteroatoms. The smallest absolute Gasteiger partial charge is 0.231 e. The fourth-order valence-corrected chi connectivity index (χ4v) is 4.29. The molecule has 3 heterocycles. The number of aryl methyl sites for hydroxylation is 1. The van der Waals surface area contributed by atoms with E-state index in [2.05, 4.69) is 21.5 Å². The Morgan fingerprint density at radius 2 is 2.00 bits per heavy atom. The SMILES string of the molecule is Cn1nccc1Nc1cc(-c2cc(C#N)c3c(c2)CCN3C(=O)Cc2ccccc2F)c(F)cn1. The first kappa shape index (κ1) is 22.2. The molecule has 1 aliphatic heterocycles. The van der Waals surface area contributed by atoms with E-state index >= 15 is 0 Å². The Balaban J connectivity index is 1.48. The van der Waals surface area contributed by atoms with Gasteiger partial charge >= 0.3 is 0 Å². The van der Waals surface area contributed by atoms with Crippen molar-refractivity contribution in [2.24, 2.45) is 7.05 Å². The first-order valence-electron chi connectivity index (χ1n) is 11.0. The second-order valence-electron chi connectivity index (χ2n) is 8.22. The largest absolute Gasteiger partial charge is 0.325 e. The van der Waals surface area contributed by atoms with Gasteiger partial charge in [-0.2, -0.15) is 10.4 Å². The molecule has 0 spiro atoms. The average molecular weight is 470 g/mol. The van der Waals surface area contributed by atoms with Crippen LogP contribution in [0.2, 0.25) is 0 Å². The van der Waals surface area contributed by atoms with Gasteiger partial charge in [-0.05, 0) is 47.4 Å². The van der Waals surface area contributed by atoms with Crippen molar-refractivity contribution in [3.05, 3.63) is 89.2 Å². The number of anilines is 3. The molecule has 2 aromatic heterocycles. The number of carbonyl (C=O) groups excluding carboxylic acids is 1. The van der Waals surface area contributed by atoms with E-state index in [1.165, 1.54) is 11.0 Å². The molecule has 7 nitrogen and oxygen atoms in total. The van der Waals surface area contributed by atoms with Crippen LogP contribution in [-0.2, 0) is 24.7 Å². The van der Waals surface area contributed by atoms with Gasteiger partial charge < -0.3 is 10.2 Å². The lowest BCUT2D eigenvalue weighted by Crippen LogP contribution is -2.31. The molecule has 2 aromatic carbocycles. The third-order valence-corrected chi connectivity index (χ3v) is 6.03. The van der Waals surface area contributed by atoms with Crippen molar-refractivity contribution in [2.75, 3.05) is 16.8 Å². The van der Waals surface area contributed by atoms with Gasteiger partial charge in [0.2, 0.25) is 5.91 Å². The topological polar surface area (TPSA) is 86.8 Å². The molecule has 35 heavy (non-hydrogen) atoms. The minimum absolute atomic E-state index is 0.110. The standard InChI is InChI=1S/C26H20F2N6O/c1-33-24(6-8-31-33)32-23-13-20(22(28)15-30-23)18-10-17-7-9-34(26(17)19(11-18)14-29)25(35)12-16-4-2-3-5-21(16)27/h2-6,8,10-11,13,15H,7,9,12H2,1H3,(H,30,32). The van der Waals surface area contributed by atoms with Crippen molar-refractivity contribution in [2.45, 2.75) is 12.8 Å². The van der Waals surface area contributed by atoms with Crippen LogP contribution in [0.5, 0.6) is 0 Å². The molecule has 1 N–H and O–H groups in total. The summed E-state index contributed by atoms with van der Waals surface area (Å²) in [5, 5.41) is 17.0. The summed E-state index contributed by atoms with van der Waals surface area (Å²) >= 11 is 0. The van der Waals surface area contributed by atoms with Crippen molar-refractivity contribution in [1.29, 1.82) is 5.26 Å². The van der Waals surface area contributed by atoms with Crippen LogP contribution in [0.4, 0.5) is 26.1 Å². The molecular weight excluding hydrogens is 450 g/mol. The maximum absolute atomic E-state index is 14.8. The maximum atomic E-state index is 14.8. The summed E-state index contributed by atoms with van der Waals surface area (Å²) < 4.78 is 30.5. The van der Waals surface area contributed by atoms with E-state index in [4.69, 9.17) is 0 Å². The number of fused-ring (bicyclic) bond motifs is 1. The second-order valence-corrected chi connectivity index (χ2v) is 8.22. The van der Waals surface area contributed by atoms with Gasteiger partial charge in [0.15, 0.2) is 0 Å². The summed E-state index contributed by atoms with van der Waals surface area (Å²) in [6.45, 7) is 0.368. The highest BCUT2D eigenvalue weighted by molar-refractivity contribution is 5.99. The molecule has 0 fully saturated rings. The van der Waals surface area contributed by atoms with Crippen LogP contribution in [-0.4, -0.2) is 27.2 Å². The van der Waals surface area contributed by atoms with E-state index in [9.17, 15) is 18.8 Å². The number of benzene rings is 2. The third-order valence-electron chi connectivity index (χ3n) is 6.03. The highest BCUT2D eigenvalue weighted by Crippen LogP contribution is 2.37. The lowest BCUT2D eigenvalue weighted by Gasteiger charge is -2.19. The normalized spacial score (nSPS) is 12.3. The van der Waals surface area contributed by atoms with Crippen LogP contribution in [0.15, 0.2) is 60.9 Å². The first-order valence-corrected chi connectivity index (χ1v) is 11.0. The van der Waals surface area contributed by atoms with Crippen LogP contribution >= 0.6 is 0 Å². The van der Waals surface area contributed by atoms with Crippen molar-refractivity contribution >= 4 is 23.2 Å². The molecule has 0 aliphatic carbocycles. The van der Waals surface area contributed by atoms with Gasteiger partial charge in [0.25, 0.3) is 0 Å². The summed E-state index contributed by atoms with van der Waals surface area (Å²) in [6, 6.07) is 15.0. The van der Waals surface area contributed by atoms with Gasteiger partial charge in [-0.25, -0.2) is 13.8 Å².